The van der Waals surface area contributed by atoms with Crippen LogP contribution in [-0.4, -0.2) is 19.4 Å². The number of anilines is 1. The molecule has 1 aromatic carbocycles. The van der Waals surface area contributed by atoms with Crippen molar-refractivity contribution in [3.05, 3.63) is 28.3 Å². The Morgan fingerprint density at radius 2 is 2.11 bits per heavy atom. The van der Waals surface area contributed by atoms with E-state index in [9.17, 15) is 18.5 Å². The normalized spacial score (nSPS) is 22.7. The third-order valence-electron chi connectivity index (χ3n) is 2.92. The molecule has 8 heteroatoms. The van der Waals surface area contributed by atoms with Crippen molar-refractivity contribution in [1.82, 2.24) is 4.72 Å². The van der Waals surface area contributed by atoms with Gasteiger partial charge in [-0.3, -0.25) is 10.1 Å². The number of nitrogens with zero attached hydrogens (tertiary/aromatic N) is 1. The lowest BCUT2D eigenvalue weighted by atomic mass is 10.3. The smallest absolute Gasteiger partial charge is 0.312 e. The fourth-order valence-corrected chi connectivity index (χ4v) is 3.26. The molecular formula is C10H13N3O4S. The van der Waals surface area contributed by atoms with Gasteiger partial charge < -0.3 is 5.73 Å². The van der Waals surface area contributed by atoms with Crippen LogP contribution in [0.3, 0.4) is 0 Å². The maximum absolute atomic E-state index is 12.0. The van der Waals surface area contributed by atoms with Crippen LogP contribution in [0.2, 0.25) is 0 Å². The lowest BCUT2D eigenvalue weighted by molar-refractivity contribution is -0.386. The summed E-state index contributed by atoms with van der Waals surface area (Å²) in [4.78, 5) is 9.73. The molecule has 0 saturated heterocycles. The summed E-state index contributed by atoms with van der Waals surface area (Å²) in [6.07, 6.45) is 0.745. The number of sulfonamides is 1. The fraction of sp³-hybridized carbons (Fsp3) is 0.400. The number of para-hydroxylation sites is 1. The predicted molar refractivity (Wildman–Crippen MR) is 65.4 cm³/mol. The Bertz CT molecular complexity index is 599. The zero-order chi connectivity index (χ0) is 13.5. The number of hydrogen-bond acceptors (Lipinski definition) is 5. The maximum Gasteiger partial charge on any atom is 0.312 e. The summed E-state index contributed by atoms with van der Waals surface area (Å²) in [5.41, 5.74) is 4.73. The highest BCUT2D eigenvalue weighted by molar-refractivity contribution is 7.89. The van der Waals surface area contributed by atoms with Gasteiger partial charge >= 0.3 is 5.69 Å². The Labute approximate surface area is 104 Å². The van der Waals surface area contributed by atoms with Crippen LogP contribution >= 0.6 is 0 Å². The quantitative estimate of drug-likeness (QED) is 0.479. The number of nitrogens with two attached hydrogens (primary N) is 1. The standard InChI is InChI=1S/C10H13N3O4S/c1-6-5-8(6)12-18(16,17)9-4-2-3-7(11)10(9)13(14)15/h2-4,6,8,12H,5,11H2,1H3. The summed E-state index contributed by atoms with van der Waals surface area (Å²) in [6, 6.07) is 3.73. The molecule has 0 radical (unpaired) electrons. The molecule has 2 unspecified atom stereocenters. The highest BCUT2D eigenvalue weighted by Crippen LogP contribution is 2.34. The predicted octanol–water partition coefficient (Wildman–Crippen LogP) is 0.864. The van der Waals surface area contributed by atoms with Gasteiger partial charge in [0.1, 0.15) is 5.69 Å². The molecule has 1 fully saturated rings. The molecule has 0 bridgehead atoms. The third kappa shape index (κ3) is 2.29. The van der Waals surface area contributed by atoms with Gasteiger partial charge in [0, 0.05) is 6.04 Å². The Morgan fingerprint density at radius 3 is 2.61 bits per heavy atom. The maximum atomic E-state index is 12.0. The third-order valence-corrected chi connectivity index (χ3v) is 4.44. The second-order valence-corrected chi connectivity index (χ2v) is 6.07. The molecule has 0 spiro atoms. The van der Waals surface area contributed by atoms with Crippen molar-refractivity contribution in [3.63, 3.8) is 0 Å². The van der Waals surface area contributed by atoms with E-state index in [1.165, 1.54) is 18.2 Å². The van der Waals surface area contributed by atoms with Gasteiger partial charge in [0.15, 0.2) is 4.90 Å². The van der Waals surface area contributed by atoms with Crippen molar-refractivity contribution in [2.75, 3.05) is 5.73 Å². The molecule has 3 N–H and O–H groups in total. The number of nitrogens with one attached hydrogen (secondary N) is 1. The molecule has 98 valence electrons. The average Bonchev–Trinajstić information content (AvgIpc) is 2.92. The molecule has 1 aromatic rings. The second kappa shape index (κ2) is 4.21. The Hall–Kier alpha value is -1.67. The summed E-state index contributed by atoms with van der Waals surface area (Å²) in [6.45, 7) is 1.90. The molecule has 1 aliphatic carbocycles. The first kappa shape index (κ1) is 12.8. The van der Waals surface area contributed by atoms with E-state index in [-0.39, 0.29) is 22.5 Å². The number of hydrogen-bond donors (Lipinski definition) is 2. The molecule has 1 aliphatic rings. The van der Waals surface area contributed by atoms with Crippen LogP contribution in [0.1, 0.15) is 13.3 Å². The highest BCUT2D eigenvalue weighted by atomic mass is 32.2. The molecule has 2 atom stereocenters. The van der Waals surface area contributed by atoms with Crippen LogP contribution in [0.4, 0.5) is 11.4 Å². The minimum atomic E-state index is -3.90. The number of nitrogen functional groups attached to an aromatic ring is 1. The highest BCUT2D eigenvalue weighted by Gasteiger charge is 2.38. The number of nitro groups is 1. The van der Waals surface area contributed by atoms with Crippen molar-refractivity contribution in [3.8, 4) is 0 Å². The van der Waals surface area contributed by atoms with Crippen LogP contribution in [0.25, 0.3) is 0 Å². The van der Waals surface area contributed by atoms with Crippen molar-refractivity contribution >= 4 is 21.4 Å². The van der Waals surface area contributed by atoms with E-state index in [1.54, 1.807) is 0 Å². The molecular weight excluding hydrogens is 258 g/mol. The van der Waals surface area contributed by atoms with E-state index in [2.05, 4.69) is 4.72 Å². The SMILES string of the molecule is CC1CC1NS(=O)(=O)c1cccc(N)c1[N+](=O)[O-]. The number of benzene rings is 1. The van der Waals surface area contributed by atoms with Crippen LogP contribution in [-0.2, 0) is 10.0 Å². The first-order chi connectivity index (χ1) is 8.33. The largest absolute Gasteiger partial charge is 0.393 e. The van der Waals surface area contributed by atoms with Gasteiger partial charge in [0.05, 0.1) is 4.92 Å². The molecule has 7 nitrogen and oxygen atoms in total. The zero-order valence-electron chi connectivity index (χ0n) is 9.66. The Morgan fingerprint density at radius 1 is 1.50 bits per heavy atom. The first-order valence-corrected chi connectivity index (χ1v) is 6.86. The minimum absolute atomic E-state index is 0.143. The van der Waals surface area contributed by atoms with Gasteiger partial charge in [-0.2, -0.15) is 0 Å². The summed E-state index contributed by atoms with van der Waals surface area (Å²) >= 11 is 0. The summed E-state index contributed by atoms with van der Waals surface area (Å²) < 4.78 is 26.5. The van der Waals surface area contributed by atoms with Gasteiger partial charge in [0.2, 0.25) is 10.0 Å². The van der Waals surface area contributed by atoms with E-state index in [1.807, 2.05) is 6.92 Å². The lowest BCUT2D eigenvalue weighted by Gasteiger charge is -2.07. The van der Waals surface area contributed by atoms with Crippen molar-refractivity contribution in [2.24, 2.45) is 5.92 Å². The van der Waals surface area contributed by atoms with E-state index < -0.39 is 20.6 Å². The topological polar surface area (TPSA) is 115 Å². The summed E-state index contributed by atoms with van der Waals surface area (Å²) in [5, 5.41) is 10.9. The van der Waals surface area contributed by atoms with Gasteiger partial charge in [-0.15, -0.1) is 0 Å². The van der Waals surface area contributed by atoms with Crippen LogP contribution in [0.5, 0.6) is 0 Å². The van der Waals surface area contributed by atoms with Crippen molar-refractivity contribution < 1.29 is 13.3 Å². The van der Waals surface area contributed by atoms with E-state index in [4.69, 9.17) is 5.73 Å². The molecule has 18 heavy (non-hydrogen) atoms. The van der Waals surface area contributed by atoms with Crippen LogP contribution < -0.4 is 10.5 Å². The van der Waals surface area contributed by atoms with Crippen molar-refractivity contribution in [2.45, 2.75) is 24.3 Å². The molecule has 0 aromatic heterocycles. The Kier molecular flexibility index (Phi) is 2.99. The van der Waals surface area contributed by atoms with Crippen LogP contribution in [0.15, 0.2) is 23.1 Å². The molecule has 2 rings (SSSR count). The van der Waals surface area contributed by atoms with Gasteiger partial charge in [-0.05, 0) is 24.5 Å². The lowest BCUT2D eigenvalue weighted by Crippen LogP contribution is -2.27. The zero-order valence-corrected chi connectivity index (χ0v) is 10.5. The molecule has 0 aliphatic heterocycles. The summed E-state index contributed by atoms with van der Waals surface area (Å²) in [5.74, 6) is 0.264. The average molecular weight is 271 g/mol. The van der Waals surface area contributed by atoms with Gasteiger partial charge in [0.25, 0.3) is 0 Å². The number of nitro benzene ring substituents is 1. The monoisotopic (exact) mass is 271 g/mol. The molecule has 0 amide bonds. The van der Waals surface area contributed by atoms with Crippen molar-refractivity contribution in [1.29, 1.82) is 0 Å². The summed E-state index contributed by atoms with van der Waals surface area (Å²) in [7, 11) is -3.90. The fourth-order valence-electron chi connectivity index (χ4n) is 1.70. The minimum Gasteiger partial charge on any atom is -0.393 e. The van der Waals surface area contributed by atoms with E-state index in [0.717, 1.165) is 6.42 Å². The van der Waals surface area contributed by atoms with Crippen LogP contribution in [0, 0.1) is 16.0 Å². The van der Waals surface area contributed by atoms with Gasteiger partial charge in [-0.25, -0.2) is 13.1 Å². The van der Waals surface area contributed by atoms with Gasteiger partial charge in [-0.1, -0.05) is 13.0 Å². The van der Waals surface area contributed by atoms with E-state index >= 15 is 0 Å². The van der Waals surface area contributed by atoms with E-state index in [0.29, 0.717) is 0 Å². The molecule has 0 heterocycles. The number of rotatable bonds is 4. The second-order valence-electron chi connectivity index (χ2n) is 4.39. The molecule has 1 saturated carbocycles. The first-order valence-electron chi connectivity index (χ1n) is 5.38. The Balaban J connectivity index is 2.44.